The smallest absolute Gasteiger partial charge is 0.347 e. The number of cyclic esters (lactones) is 2. The van der Waals surface area contributed by atoms with Crippen LogP contribution in [0.15, 0.2) is 42.5 Å². The van der Waals surface area contributed by atoms with Crippen molar-refractivity contribution in [3.63, 3.8) is 0 Å². The Kier molecular flexibility index (Phi) is 2.39. The first-order valence-electron chi connectivity index (χ1n) is 6.94. The Bertz CT molecular complexity index is 938. The number of hydrogen-bond donors (Lipinski definition) is 0. The topological polar surface area (TPSA) is 43.4 Å². The van der Waals surface area contributed by atoms with E-state index in [-0.39, 0.29) is 0 Å². The Balaban J connectivity index is 2.21. The van der Waals surface area contributed by atoms with Gasteiger partial charge in [0.25, 0.3) is 0 Å². The van der Waals surface area contributed by atoms with Gasteiger partial charge in [-0.2, -0.15) is 0 Å². The normalized spacial score (nSPS) is 13.8. The molecular weight excluding hydrogens is 264 g/mol. The van der Waals surface area contributed by atoms with Crippen molar-refractivity contribution >= 4 is 33.5 Å². The number of aryl methyl sites for hydroxylation is 1. The fourth-order valence-corrected chi connectivity index (χ4v) is 3.06. The maximum Gasteiger partial charge on any atom is 0.347 e. The number of hydrogen-bond acceptors (Lipinski definition) is 3. The number of rotatable bonds is 1. The average Bonchev–Trinajstić information content (AvgIpc) is 2.80. The first-order chi connectivity index (χ1) is 10.2. The van der Waals surface area contributed by atoms with Crippen molar-refractivity contribution in [2.75, 3.05) is 0 Å². The van der Waals surface area contributed by atoms with Gasteiger partial charge in [-0.05, 0) is 45.7 Å². The molecule has 0 saturated heterocycles. The summed E-state index contributed by atoms with van der Waals surface area (Å²) in [4.78, 5) is 24.0. The van der Waals surface area contributed by atoms with Crippen LogP contribution in [0.2, 0.25) is 0 Å². The zero-order chi connectivity index (χ0) is 14.6. The van der Waals surface area contributed by atoms with Crippen LogP contribution in [0.5, 0.6) is 0 Å². The van der Waals surface area contributed by atoms with Crippen molar-refractivity contribution in [3.8, 4) is 0 Å². The fourth-order valence-electron chi connectivity index (χ4n) is 3.06. The van der Waals surface area contributed by atoms with Crippen LogP contribution >= 0.6 is 0 Å². The van der Waals surface area contributed by atoms with Crippen molar-refractivity contribution in [2.45, 2.75) is 13.3 Å². The van der Waals surface area contributed by atoms with Crippen molar-refractivity contribution in [1.29, 1.82) is 0 Å². The van der Waals surface area contributed by atoms with E-state index in [1.165, 1.54) is 0 Å². The molecule has 0 atom stereocenters. The molecule has 1 heterocycles. The van der Waals surface area contributed by atoms with E-state index in [4.69, 9.17) is 4.74 Å². The molecule has 0 aromatic heterocycles. The second-order valence-corrected chi connectivity index (χ2v) is 5.24. The van der Waals surface area contributed by atoms with Crippen molar-refractivity contribution in [2.24, 2.45) is 0 Å². The molecule has 0 amide bonds. The second kappa shape index (κ2) is 4.16. The molecule has 0 aliphatic carbocycles. The summed E-state index contributed by atoms with van der Waals surface area (Å²) in [6.45, 7) is 1.97. The van der Waals surface area contributed by atoms with E-state index >= 15 is 0 Å². The van der Waals surface area contributed by atoms with Gasteiger partial charge in [-0.1, -0.05) is 37.3 Å². The van der Waals surface area contributed by atoms with E-state index in [2.05, 4.69) is 6.07 Å². The van der Waals surface area contributed by atoms with Gasteiger partial charge < -0.3 is 4.74 Å². The first-order valence-corrected chi connectivity index (χ1v) is 6.94. The van der Waals surface area contributed by atoms with Crippen LogP contribution in [0, 0.1) is 0 Å². The molecule has 0 saturated carbocycles. The van der Waals surface area contributed by atoms with Crippen molar-refractivity contribution < 1.29 is 14.3 Å². The van der Waals surface area contributed by atoms with Gasteiger partial charge in [0.2, 0.25) is 0 Å². The highest BCUT2D eigenvalue weighted by molar-refractivity contribution is 6.23. The number of fused-ring (bicyclic) bond motifs is 4. The Labute approximate surface area is 121 Å². The van der Waals surface area contributed by atoms with E-state index in [0.29, 0.717) is 17.5 Å². The predicted molar refractivity (Wildman–Crippen MR) is 80.6 cm³/mol. The van der Waals surface area contributed by atoms with Gasteiger partial charge >= 0.3 is 11.9 Å². The summed E-state index contributed by atoms with van der Waals surface area (Å²) in [5.74, 6) is -1.06. The van der Waals surface area contributed by atoms with Gasteiger partial charge in [-0.15, -0.1) is 0 Å². The zero-order valence-electron chi connectivity index (χ0n) is 11.5. The monoisotopic (exact) mass is 276 g/mol. The highest BCUT2D eigenvalue weighted by Gasteiger charge is 2.34. The first kappa shape index (κ1) is 12.1. The summed E-state index contributed by atoms with van der Waals surface area (Å²) in [5, 5.41) is 3.92. The standard InChI is InChI=1S/C18H12O3/c1-2-10-7-13-8-11-5-3-4-6-12(11)9-14(13)16-15(10)17(19)21-18(16)20/h3-9H,2H2,1H3. The summed E-state index contributed by atoms with van der Waals surface area (Å²) in [6, 6.07) is 14.0. The lowest BCUT2D eigenvalue weighted by Gasteiger charge is -2.08. The van der Waals surface area contributed by atoms with Crippen LogP contribution in [0.4, 0.5) is 0 Å². The van der Waals surface area contributed by atoms with Crippen LogP contribution in [-0.4, -0.2) is 11.9 Å². The second-order valence-electron chi connectivity index (χ2n) is 5.24. The van der Waals surface area contributed by atoms with E-state index in [1.54, 1.807) is 0 Å². The third-order valence-corrected chi connectivity index (χ3v) is 4.06. The minimum Gasteiger partial charge on any atom is -0.386 e. The highest BCUT2D eigenvalue weighted by atomic mass is 16.6. The number of esters is 2. The Morgan fingerprint density at radius 2 is 1.52 bits per heavy atom. The van der Waals surface area contributed by atoms with E-state index in [9.17, 15) is 9.59 Å². The summed E-state index contributed by atoms with van der Waals surface area (Å²) >= 11 is 0. The van der Waals surface area contributed by atoms with Crippen LogP contribution in [-0.2, 0) is 11.2 Å². The maximum absolute atomic E-state index is 12.1. The minimum atomic E-state index is -0.536. The van der Waals surface area contributed by atoms with Crippen LogP contribution in [0.1, 0.15) is 33.2 Å². The summed E-state index contributed by atoms with van der Waals surface area (Å²) < 4.78 is 4.82. The van der Waals surface area contributed by atoms with Gasteiger partial charge in [0.1, 0.15) is 0 Å². The molecule has 4 rings (SSSR count). The van der Waals surface area contributed by atoms with Gasteiger partial charge in [-0.3, -0.25) is 0 Å². The third-order valence-electron chi connectivity index (χ3n) is 4.06. The van der Waals surface area contributed by atoms with Gasteiger partial charge in [0.15, 0.2) is 0 Å². The quantitative estimate of drug-likeness (QED) is 0.385. The Morgan fingerprint density at radius 1 is 0.857 bits per heavy atom. The molecule has 3 aromatic rings. The van der Waals surface area contributed by atoms with Crippen molar-refractivity contribution in [3.05, 3.63) is 59.2 Å². The summed E-state index contributed by atoms with van der Waals surface area (Å²) in [5.41, 5.74) is 1.72. The van der Waals surface area contributed by atoms with Crippen LogP contribution < -0.4 is 0 Å². The largest absolute Gasteiger partial charge is 0.386 e. The molecular formula is C18H12O3. The third kappa shape index (κ3) is 1.61. The number of benzene rings is 3. The van der Waals surface area contributed by atoms with Crippen molar-refractivity contribution in [1.82, 2.24) is 0 Å². The van der Waals surface area contributed by atoms with E-state index in [1.807, 2.05) is 43.3 Å². The van der Waals surface area contributed by atoms with Gasteiger partial charge in [0.05, 0.1) is 11.1 Å². The maximum atomic E-state index is 12.1. The Morgan fingerprint density at radius 3 is 2.24 bits per heavy atom. The molecule has 21 heavy (non-hydrogen) atoms. The predicted octanol–water partition coefficient (Wildman–Crippen LogP) is 3.87. The highest BCUT2D eigenvalue weighted by Crippen LogP contribution is 2.34. The molecule has 0 unspecified atom stereocenters. The minimum absolute atomic E-state index is 0.417. The summed E-state index contributed by atoms with van der Waals surface area (Å²) in [6.07, 6.45) is 0.688. The van der Waals surface area contributed by atoms with E-state index in [0.717, 1.165) is 27.1 Å². The molecule has 1 aliphatic heterocycles. The van der Waals surface area contributed by atoms with Gasteiger partial charge in [-0.25, -0.2) is 9.59 Å². The molecule has 3 heteroatoms. The lowest BCUT2D eigenvalue weighted by Crippen LogP contribution is -2.00. The Hall–Kier alpha value is -2.68. The molecule has 0 bridgehead atoms. The average molecular weight is 276 g/mol. The SMILES string of the molecule is CCc1cc2cc3ccccc3cc2c2c1C(=O)OC2=O. The molecule has 0 radical (unpaired) electrons. The molecule has 0 spiro atoms. The zero-order valence-corrected chi connectivity index (χ0v) is 11.5. The van der Waals surface area contributed by atoms with Crippen LogP contribution in [0.25, 0.3) is 21.5 Å². The number of ether oxygens (including phenoxy) is 1. The lowest BCUT2D eigenvalue weighted by atomic mass is 9.92. The molecule has 102 valence electrons. The molecule has 1 aliphatic rings. The number of carbonyl (C=O) groups excluding carboxylic acids is 2. The van der Waals surface area contributed by atoms with Gasteiger partial charge in [0, 0.05) is 0 Å². The molecule has 0 N–H and O–H groups in total. The lowest BCUT2D eigenvalue weighted by molar-refractivity contribution is 0.0444. The number of carbonyl (C=O) groups is 2. The fraction of sp³-hybridized carbons (Fsp3) is 0.111. The molecule has 0 fully saturated rings. The van der Waals surface area contributed by atoms with E-state index < -0.39 is 11.9 Å². The van der Waals surface area contributed by atoms with Crippen LogP contribution in [0.3, 0.4) is 0 Å². The molecule has 3 aromatic carbocycles. The molecule has 3 nitrogen and oxygen atoms in total. The summed E-state index contributed by atoms with van der Waals surface area (Å²) in [7, 11) is 0.